The minimum atomic E-state index is 0.262. The van der Waals surface area contributed by atoms with Gasteiger partial charge in [-0.1, -0.05) is 0 Å². The highest BCUT2D eigenvalue weighted by Gasteiger charge is 2.16. The minimum Gasteiger partial charge on any atom is -0.380 e. The molecule has 0 aliphatic rings. The second kappa shape index (κ2) is 9.10. The van der Waals surface area contributed by atoms with Gasteiger partial charge in [0.2, 0.25) is 5.95 Å². The van der Waals surface area contributed by atoms with E-state index in [1.165, 1.54) is 0 Å². The van der Waals surface area contributed by atoms with Crippen molar-refractivity contribution in [1.82, 2.24) is 14.8 Å². The number of aromatic amines is 1. The van der Waals surface area contributed by atoms with E-state index in [2.05, 4.69) is 28.9 Å². The summed E-state index contributed by atoms with van der Waals surface area (Å²) in [5.74, 6) is 0.851. The molecule has 1 N–H and O–H groups in total. The fraction of sp³-hybridized carbons (Fsp3) is 0.846. The van der Waals surface area contributed by atoms with Crippen LogP contribution < -0.4 is 4.90 Å². The smallest absolute Gasteiger partial charge is 0.226 e. The number of nitrogens with zero attached hydrogens (tertiary/aromatic N) is 3. The zero-order valence-electron chi connectivity index (χ0n) is 12.9. The first-order valence-electron chi connectivity index (χ1n) is 7.19. The number of nitrogens with one attached hydrogen (secondary N) is 1. The maximum atomic E-state index is 5.44. The predicted molar refractivity (Wildman–Crippen MR) is 83.0 cm³/mol. The van der Waals surface area contributed by atoms with Gasteiger partial charge in [0.25, 0.3) is 0 Å². The number of H-pyrrole nitrogens is 1. The Morgan fingerprint density at radius 1 is 1.20 bits per heavy atom. The lowest BCUT2D eigenvalue weighted by Crippen LogP contribution is -2.33. The molecule has 0 aromatic carbocycles. The lowest BCUT2D eigenvalue weighted by Gasteiger charge is -2.24. The second-order valence-corrected chi connectivity index (χ2v) is 5.06. The summed E-state index contributed by atoms with van der Waals surface area (Å²) in [6, 6.07) is 0.262. The summed E-state index contributed by atoms with van der Waals surface area (Å²) in [6.45, 7) is 12.5. The summed E-state index contributed by atoms with van der Waals surface area (Å²) in [5, 5.41) is 7.23. The van der Waals surface area contributed by atoms with Gasteiger partial charge in [-0.15, -0.1) is 5.10 Å². The van der Waals surface area contributed by atoms with Crippen LogP contribution in [0.5, 0.6) is 0 Å². The zero-order chi connectivity index (χ0) is 15.0. The number of ether oxygens (including phenoxy) is 2. The van der Waals surface area contributed by atoms with Crippen molar-refractivity contribution in [3.05, 3.63) is 4.77 Å². The fourth-order valence-electron chi connectivity index (χ4n) is 1.93. The highest BCUT2D eigenvalue weighted by molar-refractivity contribution is 7.71. The molecular weight excluding hydrogens is 276 g/mol. The molecule has 7 heteroatoms. The number of hydrogen-bond donors (Lipinski definition) is 1. The van der Waals surface area contributed by atoms with Gasteiger partial charge in [0.1, 0.15) is 0 Å². The quantitative estimate of drug-likeness (QED) is 0.531. The summed E-state index contributed by atoms with van der Waals surface area (Å²) >= 11 is 5.29. The molecule has 0 amide bonds. The molecule has 0 unspecified atom stereocenters. The summed E-state index contributed by atoms with van der Waals surface area (Å²) in [7, 11) is 0. The van der Waals surface area contributed by atoms with Gasteiger partial charge in [0.15, 0.2) is 4.77 Å². The number of anilines is 1. The number of aromatic nitrogens is 3. The third-order valence-corrected chi connectivity index (χ3v) is 3.19. The molecule has 1 aromatic rings. The molecule has 20 heavy (non-hydrogen) atoms. The highest BCUT2D eigenvalue weighted by atomic mass is 32.1. The third kappa shape index (κ3) is 4.88. The van der Waals surface area contributed by atoms with Crippen LogP contribution in [-0.2, 0) is 9.47 Å². The molecule has 0 fully saturated rings. The summed E-state index contributed by atoms with van der Waals surface area (Å²) < 4.78 is 13.6. The van der Waals surface area contributed by atoms with Gasteiger partial charge in [-0.25, -0.2) is 5.10 Å². The first kappa shape index (κ1) is 17.1. The molecule has 1 aromatic heterocycles. The van der Waals surface area contributed by atoms with Crippen molar-refractivity contribution in [1.29, 1.82) is 0 Å². The molecule has 0 spiro atoms. The Morgan fingerprint density at radius 2 is 1.75 bits per heavy atom. The maximum Gasteiger partial charge on any atom is 0.226 e. The predicted octanol–water partition coefficient (Wildman–Crippen LogP) is 2.40. The van der Waals surface area contributed by atoms with Crippen LogP contribution in [-0.4, -0.2) is 54.3 Å². The Bertz CT molecular complexity index is 420. The first-order chi connectivity index (χ1) is 9.61. The lowest BCUT2D eigenvalue weighted by molar-refractivity contribution is 0.140. The van der Waals surface area contributed by atoms with Crippen LogP contribution in [0.1, 0.15) is 33.7 Å². The molecule has 0 aliphatic carbocycles. The Balaban J connectivity index is 2.82. The lowest BCUT2D eigenvalue weighted by atomic mass is 10.4. The molecule has 0 saturated carbocycles. The Labute approximate surface area is 126 Å². The van der Waals surface area contributed by atoms with Gasteiger partial charge >= 0.3 is 0 Å². The van der Waals surface area contributed by atoms with Crippen LogP contribution in [0.4, 0.5) is 5.95 Å². The molecular formula is C13H26N4O2S. The zero-order valence-corrected chi connectivity index (χ0v) is 13.7. The van der Waals surface area contributed by atoms with E-state index >= 15 is 0 Å². The van der Waals surface area contributed by atoms with E-state index in [9.17, 15) is 0 Å². The van der Waals surface area contributed by atoms with Crippen LogP contribution in [0.3, 0.4) is 0 Å². The SMILES string of the molecule is CCOCCN(CCOCC)c1n[nH]c(=S)n1C(C)C. The number of hydrogen-bond acceptors (Lipinski definition) is 5. The molecule has 0 atom stereocenters. The molecule has 0 bridgehead atoms. The highest BCUT2D eigenvalue weighted by Crippen LogP contribution is 2.17. The van der Waals surface area contributed by atoms with Crippen LogP contribution in [0.15, 0.2) is 0 Å². The normalized spacial score (nSPS) is 11.2. The van der Waals surface area contributed by atoms with Gasteiger partial charge in [-0.05, 0) is 39.9 Å². The average Bonchev–Trinajstić information content (AvgIpc) is 2.79. The van der Waals surface area contributed by atoms with Crippen LogP contribution in [0.25, 0.3) is 0 Å². The second-order valence-electron chi connectivity index (χ2n) is 4.67. The van der Waals surface area contributed by atoms with Crippen molar-refractivity contribution < 1.29 is 9.47 Å². The largest absolute Gasteiger partial charge is 0.380 e. The van der Waals surface area contributed by atoms with Gasteiger partial charge < -0.3 is 14.4 Å². The van der Waals surface area contributed by atoms with E-state index in [0.717, 1.165) is 32.3 Å². The van der Waals surface area contributed by atoms with Gasteiger partial charge in [0, 0.05) is 32.3 Å². The molecule has 0 aliphatic heterocycles. The third-order valence-electron chi connectivity index (χ3n) is 2.90. The Hall–Kier alpha value is -0.920. The van der Waals surface area contributed by atoms with Crippen molar-refractivity contribution in [3.63, 3.8) is 0 Å². The standard InChI is InChI=1S/C13H26N4O2S/c1-5-18-9-7-16(8-10-19-6-2)12-14-15-13(20)17(12)11(3)4/h11H,5-10H2,1-4H3,(H,15,20). The first-order valence-corrected chi connectivity index (χ1v) is 7.59. The molecule has 116 valence electrons. The molecule has 1 rings (SSSR count). The van der Waals surface area contributed by atoms with Crippen molar-refractivity contribution in [2.45, 2.75) is 33.7 Å². The summed E-state index contributed by atoms with van der Waals surface area (Å²) in [6.07, 6.45) is 0. The van der Waals surface area contributed by atoms with Crippen LogP contribution in [0.2, 0.25) is 0 Å². The Kier molecular flexibility index (Phi) is 7.79. The van der Waals surface area contributed by atoms with E-state index in [0.29, 0.717) is 18.0 Å². The van der Waals surface area contributed by atoms with Crippen molar-refractivity contribution in [3.8, 4) is 0 Å². The van der Waals surface area contributed by atoms with E-state index in [4.69, 9.17) is 21.7 Å². The van der Waals surface area contributed by atoms with Crippen molar-refractivity contribution >= 4 is 18.2 Å². The van der Waals surface area contributed by atoms with Gasteiger partial charge in [-0.2, -0.15) is 0 Å². The van der Waals surface area contributed by atoms with Crippen LogP contribution in [0, 0.1) is 4.77 Å². The van der Waals surface area contributed by atoms with Gasteiger partial charge in [0.05, 0.1) is 13.2 Å². The monoisotopic (exact) mass is 302 g/mol. The summed E-state index contributed by atoms with van der Waals surface area (Å²) in [4.78, 5) is 2.15. The van der Waals surface area contributed by atoms with E-state index in [1.807, 2.05) is 18.4 Å². The van der Waals surface area contributed by atoms with E-state index < -0.39 is 0 Å². The number of rotatable bonds is 10. The average molecular weight is 302 g/mol. The maximum absolute atomic E-state index is 5.44. The minimum absolute atomic E-state index is 0.262. The molecule has 1 heterocycles. The van der Waals surface area contributed by atoms with E-state index in [1.54, 1.807) is 0 Å². The fourth-order valence-corrected chi connectivity index (χ4v) is 2.27. The van der Waals surface area contributed by atoms with Crippen molar-refractivity contribution in [2.75, 3.05) is 44.4 Å². The van der Waals surface area contributed by atoms with Gasteiger partial charge in [-0.3, -0.25) is 4.57 Å². The van der Waals surface area contributed by atoms with Crippen molar-refractivity contribution in [2.24, 2.45) is 0 Å². The van der Waals surface area contributed by atoms with Crippen LogP contribution >= 0.6 is 12.2 Å². The Morgan fingerprint density at radius 3 is 2.20 bits per heavy atom. The summed E-state index contributed by atoms with van der Waals surface area (Å²) in [5.41, 5.74) is 0. The molecule has 6 nitrogen and oxygen atoms in total. The molecule has 0 radical (unpaired) electrons. The molecule has 0 saturated heterocycles. The van der Waals surface area contributed by atoms with E-state index in [-0.39, 0.29) is 6.04 Å². The topological polar surface area (TPSA) is 55.3 Å².